The summed E-state index contributed by atoms with van der Waals surface area (Å²) in [5.74, 6) is 1.27. The van der Waals surface area contributed by atoms with Crippen molar-refractivity contribution in [3.05, 3.63) is 76.0 Å². The van der Waals surface area contributed by atoms with Crippen molar-refractivity contribution in [2.75, 3.05) is 7.11 Å². The standard InChI is InChI=1S/C20H15ClN4OS/c1-26-18-11-10-13-6-2-3-7-14(13)16(18)12-22-25-19(23-24-20(25)27)15-8-4-5-9-17(15)21/h2-12H,1H3,(H,24,27)/b22-12-. The molecule has 0 radical (unpaired) electrons. The van der Waals surface area contributed by atoms with Crippen molar-refractivity contribution < 1.29 is 4.74 Å². The van der Waals surface area contributed by atoms with Crippen LogP contribution in [0.4, 0.5) is 0 Å². The maximum Gasteiger partial charge on any atom is 0.216 e. The number of benzene rings is 3. The molecule has 0 atom stereocenters. The molecule has 0 bridgehead atoms. The molecule has 0 aliphatic heterocycles. The second-order valence-electron chi connectivity index (χ2n) is 5.79. The van der Waals surface area contributed by atoms with E-state index in [9.17, 15) is 0 Å². The Balaban J connectivity index is 1.86. The van der Waals surface area contributed by atoms with E-state index in [1.807, 2.05) is 54.6 Å². The normalized spacial score (nSPS) is 11.3. The Morgan fingerprint density at radius 2 is 1.89 bits per heavy atom. The van der Waals surface area contributed by atoms with Crippen LogP contribution in [0.1, 0.15) is 5.56 Å². The predicted molar refractivity (Wildman–Crippen MR) is 111 cm³/mol. The molecule has 27 heavy (non-hydrogen) atoms. The highest BCUT2D eigenvalue weighted by atomic mass is 35.5. The third-order valence-electron chi connectivity index (χ3n) is 4.22. The van der Waals surface area contributed by atoms with Crippen molar-refractivity contribution in [1.82, 2.24) is 14.9 Å². The number of hydrogen-bond donors (Lipinski definition) is 1. The van der Waals surface area contributed by atoms with Crippen LogP contribution in [0.15, 0.2) is 65.8 Å². The van der Waals surface area contributed by atoms with Gasteiger partial charge in [0.2, 0.25) is 4.77 Å². The largest absolute Gasteiger partial charge is 0.496 e. The first-order valence-corrected chi connectivity index (χ1v) is 9.00. The Hall–Kier alpha value is -2.96. The topological polar surface area (TPSA) is 55.2 Å². The van der Waals surface area contributed by atoms with E-state index < -0.39 is 0 Å². The van der Waals surface area contributed by atoms with E-state index in [1.54, 1.807) is 24.1 Å². The lowest BCUT2D eigenvalue weighted by atomic mass is 10.0. The number of H-pyrrole nitrogens is 1. The Labute approximate surface area is 165 Å². The number of aromatic nitrogens is 3. The van der Waals surface area contributed by atoms with E-state index in [2.05, 4.69) is 15.3 Å². The molecule has 0 amide bonds. The van der Waals surface area contributed by atoms with Crippen LogP contribution in [-0.4, -0.2) is 28.2 Å². The number of hydrogen-bond acceptors (Lipinski definition) is 4. The SMILES string of the molecule is COc1ccc2ccccc2c1/C=N\n1c(-c2ccccc2Cl)n[nH]c1=S. The average molecular weight is 395 g/mol. The molecule has 5 nitrogen and oxygen atoms in total. The maximum absolute atomic E-state index is 6.31. The van der Waals surface area contributed by atoms with Gasteiger partial charge in [-0.3, -0.25) is 0 Å². The van der Waals surface area contributed by atoms with Crippen LogP contribution >= 0.6 is 23.8 Å². The third kappa shape index (κ3) is 3.25. The third-order valence-corrected chi connectivity index (χ3v) is 4.81. The lowest BCUT2D eigenvalue weighted by Gasteiger charge is -2.08. The molecule has 0 aliphatic rings. The van der Waals surface area contributed by atoms with Gasteiger partial charge in [-0.2, -0.15) is 14.9 Å². The molecule has 0 spiro atoms. The van der Waals surface area contributed by atoms with Gasteiger partial charge in [-0.1, -0.05) is 54.1 Å². The van der Waals surface area contributed by atoms with Gasteiger partial charge >= 0.3 is 0 Å². The maximum atomic E-state index is 6.31. The molecule has 4 rings (SSSR count). The second-order valence-corrected chi connectivity index (χ2v) is 6.59. The van der Waals surface area contributed by atoms with E-state index in [0.29, 0.717) is 15.6 Å². The minimum absolute atomic E-state index is 0.375. The van der Waals surface area contributed by atoms with E-state index in [-0.39, 0.29) is 0 Å². The first-order valence-electron chi connectivity index (χ1n) is 8.21. The van der Waals surface area contributed by atoms with Gasteiger partial charge in [0, 0.05) is 11.1 Å². The molecule has 0 saturated carbocycles. The van der Waals surface area contributed by atoms with Crippen LogP contribution < -0.4 is 4.74 Å². The molecule has 0 fully saturated rings. The molecule has 7 heteroatoms. The van der Waals surface area contributed by atoms with Gasteiger partial charge in [-0.25, -0.2) is 5.10 Å². The molecular formula is C20H15ClN4OS. The van der Waals surface area contributed by atoms with Gasteiger partial charge in [0.1, 0.15) is 5.75 Å². The summed E-state index contributed by atoms with van der Waals surface area (Å²) in [5.41, 5.74) is 1.61. The quantitative estimate of drug-likeness (QED) is 0.377. The van der Waals surface area contributed by atoms with Crippen LogP contribution in [0.5, 0.6) is 5.75 Å². The zero-order valence-corrected chi connectivity index (χ0v) is 16.0. The number of ether oxygens (including phenoxy) is 1. The van der Waals surface area contributed by atoms with Gasteiger partial charge < -0.3 is 4.74 Å². The zero-order chi connectivity index (χ0) is 18.8. The smallest absolute Gasteiger partial charge is 0.216 e. The minimum atomic E-state index is 0.375. The first kappa shape index (κ1) is 17.5. The summed E-state index contributed by atoms with van der Waals surface area (Å²) in [6.45, 7) is 0. The number of nitrogens with one attached hydrogen (secondary N) is 1. The molecule has 1 aromatic heterocycles. The van der Waals surface area contributed by atoms with Crippen LogP contribution in [0.25, 0.3) is 22.2 Å². The van der Waals surface area contributed by atoms with Crippen LogP contribution in [0.2, 0.25) is 5.02 Å². The van der Waals surface area contributed by atoms with Crippen molar-refractivity contribution in [2.45, 2.75) is 0 Å². The highest BCUT2D eigenvalue weighted by molar-refractivity contribution is 7.71. The van der Waals surface area contributed by atoms with E-state index in [1.165, 1.54) is 0 Å². The molecule has 4 aromatic rings. The van der Waals surface area contributed by atoms with Crippen molar-refractivity contribution >= 4 is 40.8 Å². The Bertz CT molecular complexity index is 1210. The number of rotatable bonds is 4. The van der Waals surface area contributed by atoms with Crippen LogP contribution in [0.3, 0.4) is 0 Å². The highest BCUT2D eigenvalue weighted by Crippen LogP contribution is 2.28. The summed E-state index contributed by atoms with van der Waals surface area (Å²) in [6.07, 6.45) is 1.73. The van der Waals surface area contributed by atoms with E-state index in [0.717, 1.165) is 27.6 Å². The molecule has 134 valence electrons. The molecule has 3 aromatic carbocycles. The lowest BCUT2D eigenvalue weighted by molar-refractivity contribution is 0.415. The fourth-order valence-corrected chi connectivity index (χ4v) is 3.32. The minimum Gasteiger partial charge on any atom is -0.496 e. The molecule has 0 unspecified atom stereocenters. The van der Waals surface area contributed by atoms with Crippen LogP contribution in [-0.2, 0) is 0 Å². The number of methoxy groups -OCH3 is 1. The summed E-state index contributed by atoms with van der Waals surface area (Å²) in [6, 6.07) is 19.4. The van der Waals surface area contributed by atoms with Crippen molar-refractivity contribution in [1.29, 1.82) is 0 Å². The number of nitrogens with zero attached hydrogens (tertiary/aromatic N) is 3. The summed E-state index contributed by atoms with van der Waals surface area (Å²) in [7, 11) is 1.64. The second kappa shape index (κ2) is 7.34. The molecular weight excluding hydrogens is 380 g/mol. The van der Waals surface area contributed by atoms with Gasteiger partial charge in [-0.15, -0.1) is 0 Å². The average Bonchev–Trinajstić information content (AvgIpc) is 3.06. The predicted octanol–water partition coefficient (Wildman–Crippen LogP) is 5.31. The fourth-order valence-electron chi connectivity index (χ4n) is 2.92. The van der Waals surface area contributed by atoms with Gasteiger partial charge in [0.15, 0.2) is 5.82 Å². The summed E-state index contributed by atoms with van der Waals surface area (Å²) in [4.78, 5) is 0. The van der Waals surface area contributed by atoms with E-state index in [4.69, 9.17) is 28.6 Å². The summed E-state index contributed by atoms with van der Waals surface area (Å²) < 4.78 is 7.45. The molecule has 0 aliphatic carbocycles. The monoisotopic (exact) mass is 394 g/mol. The van der Waals surface area contributed by atoms with Gasteiger partial charge in [0.25, 0.3) is 0 Å². The van der Waals surface area contributed by atoms with Gasteiger partial charge in [-0.05, 0) is 41.2 Å². The van der Waals surface area contributed by atoms with Crippen molar-refractivity contribution in [3.63, 3.8) is 0 Å². The molecule has 1 heterocycles. The number of fused-ring (bicyclic) bond motifs is 1. The number of aromatic amines is 1. The van der Waals surface area contributed by atoms with Crippen molar-refractivity contribution in [2.24, 2.45) is 5.10 Å². The van der Waals surface area contributed by atoms with Crippen molar-refractivity contribution in [3.8, 4) is 17.1 Å². The van der Waals surface area contributed by atoms with E-state index >= 15 is 0 Å². The lowest BCUT2D eigenvalue weighted by Crippen LogP contribution is -1.98. The summed E-state index contributed by atoms with van der Waals surface area (Å²) in [5, 5.41) is 14.3. The Morgan fingerprint density at radius 3 is 2.70 bits per heavy atom. The fraction of sp³-hybridized carbons (Fsp3) is 0.0500. The zero-order valence-electron chi connectivity index (χ0n) is 14.4. The number of halogens is 1. The van der Waals surface area contributed by atoms with Gasteiger partial charge in [0.05, 0.1) is 18.3 Å². The molecule has 1 N–H and O–H groups in total. The van der Waals surface area contributed by atoms with Crippen LogP contribution in [0, 0.1) is 4.77 Å². The summed E-state index contributed by atoms with van der Waals surface area (Å²) >= 11 is 11.7. The first-order chi connectivity index (χ1) is 13.2. The highest BCUT2D eigenvalue weighted by Gasteiger charge is 2.12. The Kier molecular flexibility index (Phi) is 4.75. The molecule has 0 saturated heterocycles. The Morgan fingerprint density at radius 1 is 1.11 bits per heavy atom.